The summed E-state index contributed by atoms with van der Waals surface area (Å²) in [4.78, 5) is 11.1. The number of morpholine rings is 1. The van der Waals surface area contributed by atoms with Crippen molar-refractivity contribution in [3.63, 3.8) is 0 Å². The Hall–Kier alpha value is -3.99. The first-order valence-electron chi connectivity index (χ1n) is 10.9. The van der Waals surface area contributed by atoms with Crippen LogP contribution in [0.2, 0.25) is 0 Å². The number of hydrogen-bond donors (Lipinski definition) is 1. The van der Waals surface area contributed by atoms with Gasteiger partial charge >= 0.3 is 6.18 Å². The van der Waals surface area contributed by atoms with Crippen LogP contribution in [0.15, 0.2) is 60.1 Å². The van der Waals surface area contributed by atoms with E-state index in [0.717, 1.165) is 53.4 Å². The molecule has 5 rings (SSSR count). The van der Waals surface area contributed by atoms with Crippen LogP contribution in [0.25, 0.3) is 16.8 Å². The first kappa shape index (κ1) is 22.8. The van der Waals surface area contributed by atoms with Crippen molar-refractivity contribution < 1.29 is 17.9 Å². The average molecular weight is 481 g/mol. The Kier molecular flexibility index (Phi) is 5.85. The highest BCUT2D eigenvalue weighted by atomic mass is 19.4. The van der Waals surface area contributed by atoms with Crippen LogP contribution in [-0.2, 0) is 10.9 Å². The summed E-state index contributed by atoms with van der Waals surface area (Å²) in [6, 6.07) is 8.46. The highest BCUT2D eigenvalue weighted by Crippen LogP contribution is 2.33. The van der Waals surface area contributed by atoms with Crippen molar-refractivity contribution in [2.45, 2.75) is 13.1 Å². The molecule has 35 heavy (non-hydrogen) atoms. The average Bonchev–Trinajstić information content (AvgIpc) is 3.33. The van der Waals surface area contributed by atoms with Gasteiger partial charge in [0, 0.05) is 42.8 Å². The fourth-order valence-corrected chi connectivity index (χ4v) is 4.04. The Labute approximate surface area is 198 Å². The highest BCUT2D eigenvalue weighted by Gasteiger charge is 2.33. The smallest absolute Gasteiger partial charge is 0.383 e. The standard InChI is InChI=1S/C24H22F3N7O/c1-15-2-3-18(31-22(28)16-11-21(24(25,26)27)32-30-13-16)12-19(15)17-10-20(33-6-8-35-9-7-33)23-29-4-5-34(23)14-17/h2-5,10-14H,6-9H2,1H3,(H2,28,31). The van der Waals surface area contributed by atoms with E-state index in [0.29, 0.717) is 18.9 Å². The van der Waals surface area contributed by atoms with E-state index in [1.54, 1.807) is 12.3 Å². The molecule has 1 aromatic carbocycles. The molecule has 3 aromatic heterocycles. The van der Waals surface area contributed by atoms with Gasteiger partial charge in [0.2, 0.25) is 0 Å². The third-order valence-electron chi connectivity index (χ3n) is 5.84. The summed E-state index contributed by atoms with van der Waals surface area (Å²) in [5.74, 6) is -0.0840. The van der Waals surface area contributed by atoms with Crippen LogP contribution >= 0.6 is 0 Å². The summed E-state index contributed by atoms with van der Waals surface area (Å²) >= 11 is 0. The van der Waals surface area contributed by atoms with Crippen LogP contribution in [0.3, 0.4) is 0 Å². The number of alkyl halides is 3. The lowest BCUT2D eigenvalue weighted by Gasteiger charge is -2.29. The monoisotopic (exact) mass is 481 g/mol. The molecule has 0 amide bonds. The van der Waals surface area contributed by atoms with Gasteiger partial charge in [-0.3, -0.25) is 0 Å². The van der Waals surface area contributed by atoms with Gasteiger partial charge in [0.05, 0.1) is 30.8 Å². The van der Waals surface area contributed by atoms with Crippen molar-refractivity contribution in [3.8, 4) is 11.1 Å². The topological polar surface area (TPSA) is 93.9 Å². The van der Waals surface area contributed by atoms with E-state index in [1.807, 2.05) is 35.9 Å². The number of aliphatic imine (C=N–C) groups is 1. The number of fused-ring (bicyclic) bond motifs is 1. The second-order valence-electron chi connectivity index (χ2n) is 8.20. The fourth-order valence-electron chi connectivity index (χ4n) is 4.04. The van der Waals surface area contributed by atoms with Crippen LogP contribution < -0.4 is 10.6 Å². The minimum Gasteiger partial charge on any atom is -0.383 e. The van der Waals surface area contributed by atoms with Crippen molar-refractivity contribution in [2.24, 2.45) is 10.7 Å². The van der Waals surface area contributed by atoms with Gasteiger partial charge in [0.1, 0.15) is 5.84 Å². The highest BCUT2D eigenvalue weighted by molar-refractivity contribution is 5.99. The molecule has 2 N–H and O–H groups in total. The number of imidazole rings is 1. The SMILES string of the molecule is Cc1ccc(N=C(N)c2cnnc(C(F)(F)F)c2)cc1-c1cc(N2CCOCC2)c2nccn2c1. The van der Waals surface area contributed by atoms with Crippen LogP contribution in [-0.4, -0.2) is 51.7 Å². The van der Waals surface area contributed by atoms with Gasteiger partial charge in [-0.05, 0) is 42.3 Å². The second kappa shape index (κ2) is 8.99. The van der Waals surface area contributed by atoms with Crippen molar-refractivity contribution in [1.29, 1.82) is 0 Å². The number of aryl methyl sites for hydroxylation is 1. The second-order valence-corrected chi connectivity index (χ2v) is 8.20. The third kappa shape index (κ3) is 4.67. The zero-order chi connectivity index (χ0) is 24.6. The minimum atomic E-state index is -4.62. The maximum Gasteiger partial charge on any atom is 0.435 e. The van der Waals surface area contributed by atoms with Gasteiger partial charge in [-0.2, -0.15) is 18.3 Å². The number of nitrogens with two attached hydrogens (primary N) is 1. The molecule has 4 aromatic rings. The number of halogens is 3. The first-order chi connectivity index (χ1) is 16.8. The summed E-state index contributed by atoms with van der Waals surface area (Å²) in [6.07, 6.45) is 2.19. The third-order valence-corrected chi connectivity index (χ3v) is 5.84. The summed E-state index contributed by atoms with van der Waals surface area (Å²) < 4.78 is 46.5. The van der Waals surface area contributed by atoms with Gasteiger partial charge in [0.15, 0.2) is 11.3 Å². The Morgan fingerprint density at radius 1 is 1.14 bits per heavy atom. The molecule has 0 radical (unpaired) electrons. The van der Waals surface area contributed by atoms with Gasteiger partial charge < -0.3 is 19.8 Å². The number of hydrogen-bond acceptors (Lipinski definition) is 6. The Bertz CT molecular complexity index is 1410. The van der Waals surface area contributed by atoms with E-state index in [2.05, 4.69) is 31.1 Å². The van der Waals surface area contributed by atoms with E-state index in [-0.39, 0.29) is 11.4 Å². The van der Waals surface area contributed by atoms with Crippen molar-refractivity contribution in [3.05, 3.63) is 71.9 Å². The van der Waals surface area contributed by atoms with Crippen LogP contribution in [0.5, 0.6) is 0 Å². The van der Waals surface area contributed by atoms with Gasteiger partial charge in [0.25, 0.3) is 0 Å². The first-order valence-corrected chi connectivity index (χ1v) is 10.9. The van der Waals surface area contributed by atoms with Crippen molar-refractivity contribution in [2.75, 3.05) is 31.2 Å². The van der Waals surface area contributed by atoms with E-state index in [9.17, 15) is 13.2 Å². The minimum absolute atomic E-state index is 0.0453. The number of pyridine rings is 1. The molecular weight excluding hydrogens is 459 g/mol. The zero-order valence-corrected chi connectivity index (χ0v) is 18.8. The van der Waals surface area contributed by atoms with E-state index in [4.69, 9.17) is 10.5 Å². The van der Waals surface area contributed by atoms with Gasteiger partial charge in [-0.25, -0.2) is 9.98 Å². The number of benzene rings is 1. The Morgan fingerprint density at radius 3 is 2.71 bits per heavy atom. The molecule has 8 nitrogen and oxygen atoms in total. The maximum atomic E-state index is 13.0. The summed E-state index contributed by atoms with van der Waals surface area (Å²) in [7, 11) is 0. The molecule has 0 unspecified atom stereocenters. The van der Waals surface area contributed by atoms with E-state index < -0.39 is 11.9 Å². The number of ether oxygens (including phenoxy) is 1. The molecule has 0 bridgehead atoms. The van der Waals surface area contributed by atoms with Crippen LogP contribution in [0, 0.1) is 6.92 Å². The maximum absolute atomic E-state index is 13.0. The Balaban J connectivity index is 1.54. The number of aromatic nitrogens is 4. The molecular formula is C24H22F3N7O. The van der Waals surface area contributed by atoms with E-state index in [1.165, 1.54) is 0 Å². The predicted octanol–water partition coefficient (Wildman–Crippen LogP) is 3.99. The lowest BCUT2D eigenvalue weighted by atomic mass is 10.0. The number of anilines is 1. The number of amidine groups is 1. The largest absolute Gasteiger partial charge is 0.435 e. The number of nitrogens with zero attached hydrogens (tertiary/aromatic N) is 6. The molecule has 0 spiro atoms. The van der Waals surface area contributed by atoms with Crippen molar-refractivity contribution in [1.82, 2.24) is 19.6 Å². The molecule has 0 aliphatic carbocycles. The lowest BCUT2D eigenvalue weighted by molar-refractivity contribution is -0.141. The van der Waals surface area contributed by atoms with E-state index >= 15 is 0 Å². The lowest BCUT2D eigenvalue weighted by Crippen LogP contribution is -2.36. The predicted molar refractivity (Wildman–Crippen MR) is 126 cm³/mol. The molecule has 11 heteroatoms. The molecule has 4 heterocycles. The molecule has 1 aliphatic heterocycles. The van der Waals surface area contributed by atoms with Crippen molar-refractivity contribution >= 4 is 22.9 Å². The zero-order valence-electron chi connectivity index (χ0n) is 18.8. The normalized spacial score (nSPS) is 15.1. The molecule has 180 valence electrons. The molecule has 1 saturated heterocycles. The quantitative estimate of drug-likeness (QED) is 0.350. The molecule has 0 atom stereocenters. The molecule has 0 saturated carbocycles. The number of rotatable bonds is 4. The Morgan fingerprint density at radius 2 is 1.94 bits per heavy atom. The summed E-state index contributed by atoms with van der Waals surface area (Å²) in [6.45, 7) is 4.83. The van der Waals surface area contributed by atoms with Crippen LogP contribution in [0.1, 0.15) is 16.8 Å². The summed E-state index contributed by atoms with van der Waals surface area (Å²) in [5.41, 5.74) is 10.2. The molecule has 1 fully saturated rings. The van der Waals surface area contributed by atoms with Crippen LogP contribution in [0.4, 0.5) is 24.5 Å². The van der Waals surface area contributed by atoms with Gasteiger partial charge in [-0.15, -0.1) is 5.10 Å². The van der Waals surface area contributed by atoms with Gasteiger partial charge in [-0.1, -0.05) is 6.07 Å². The molecule has 1 aliphatic rings. The fraction of sp³-hybridized carbons (Fsp3) is 0.250. The summed E-state index contributed by atoms with van der Waals surface area (Å²) in [5, 5.41) is 6.55.